The Hall–Kier alpha value is -2.27. The van der Waals surface area contributed by atoms with E-state index in [2.05, 4.69) is 24.1 Å². The number of H-pyrrole nitrogens is 1. The van der Waals surface area contributed by atoms with Crippen LogP contribution in [0.5, 0.6) is 5.75 Å². The second-order valence-electron chi connectivity index (χ2n) is 7.48. The zero-order valence-electron chi connectivity index (χ0n) is 15.2. The van der Waals surface area contributed by atoms with Gasteiger partial charge in [-0.1, -0.05) is 25.4 Å². The summed E-state index contributed by atoms with van der Waals surface area (Å²) in [7, 11) is 0. The summed E-state index contributed by atoms with van der Waals surface area (Å²) in [5, 5.41) is 3.48. The number of amides is 1. The monoisotopic (exact) mass is 374 g/mol. The Labute approximate surface area is 158 Å². The first-order chi connectivity index (χ1) is 12.3. The minimum atomic E-state index is -0.220. The van der Waals surface area contributed by atoms with Crippen LogP contribution in [-0.4, -0.2) is 29.8 Å². The lowest BCUT2D eigenvalue weighted by Crippen LogP contribution is -2.28. The van der Waals surface area contributed by atoms with Gasteiger partial charge < -0.3 is 15.0 Å². The molecule has 5 nitrogen and oxygen atoms in total. The molecule has 0 radical (unpaired) electrons. The van der Waals surface area contributed by atoms with Crippen LogP contribution in [0.25, 0.3) is 0 Å². The lowest BCUT2D eigenvalue weighted by molar-refractivity contribution is 0.0909. The lowest BCUT2D eigenvalue weighted by atomic mass is 9.75. The maximum atomic E-state index is 12.5. The number of benzene rings is 1. The van der Waals surface area contributed by atoms with Crippen molar-refractivity contribution in [1.29, 1.82) is 0 Å². The zero-order valence-corrected chi connectivity index (χ0v) is 16.0. The number of aromatic amines is 1. The van der Waals surface area contributed by atoms with Crippen LogP contribution in [0.3, 0.4) is 0 Å². The predicted octanol–water partition coefficient (Wildman–Crippen LogP) is 3.94. The van der Waals surface area contributed by atoms with Crippen molar-refractivity contribution in [2.75, 3.05) is 13.2 Å². The minimum absolute atomic E-state index is 0.0818. The highest BCUT2D eigenvalue weighted by molar-refractivity contribution is 6.30. The fraction of sp³-hybridized carbons (Fsp3) is 0.400. The molecule has 0 fully saturated rings. The minimum Gasteiger partial charge on any atom is -0.492 e. The molecule has 3 rings (SSSR count). The summed E-state index contributed by atoms with van der Waals surface area (Å²) in [5.74, 6) is 0.584. The van der Waals surface area contributed by atoms with E-state index in [9.17, 15) is 9.59 Å². The average Bonchev–Trinajstić information content (AvgIpc) is 2.88. The van der Waals surface area contributed by atoms with Crippen molar-refractivity contribution in [3.63, 3.8) is 0 Å². The van der Waals surface area contributed by atoms with Crippen molar-refractivity contribution in [3.8, 4) is 5.75 Å². The highest BCUT2D eigenvalue weighted by Gasteiger charge is 2.35. The number of nitrogens with one attached hydrogen (secondary N) is 2. The van der Waals surface area contributed by atoms with Gasteiger partial charge in [-0.2, -0.15) is 0 Å². The molecular formula is C20H23ClN2O3. The number of fused-ring (bicyclic) bond motifs is 1. The van der Waals surface area contributed by atoms with Crippen LogP contribution in [0, 0.1) is 12.3 Å². The summed E-state index contributed by atoms with van der Waals surface area (Å²) in [5.41, 5.74) is 2.67. The Bertz CT molecular complexity index is 837. The molecule has 1 aromatic carbocycles. The molecule has 0 saturated carbocycles. The van der Waals surface area contributed by atoms with Gasteiger partial charge in [0.15, 0.2) is 5.78 Å². The maximum Gasteiger partial charge on any atom is 0.268 e. The molecule has 1 aliphatic rings. The van der Waals surface area contributed by atoms with Crippen LogP contribution in [0.2, 0.25) is 5.02 Å². The molecule has 0 bridgehead atoms. The molecule has 0 saturated heterocycles. The second-order valence-corrected chi connectivity index (χ2v) is 7.91. The van der Waals surface area contributed by atoms with Crippen molar-refractivity contribution in [2.24, 2.45) is 5.41 Å². The molecular weight excluding hydrogens is 352 g/mol. The molecule has 2 aromatic rings. The first kappa shape index (κ1) is 18.5. The number of rotatable bonds is 5. The number of Topliss-reactive ketones (excluding diaryl/α,β-unsaturated/α-hetero) is 1. The van der Waals surface area contributed by atoms with Gasteiger partial charge in [0.1, 0.15) is 18.1 Å². The molecule has 1 aromatic heterocycles. The summed E-state index contributed by atoms with van der Waals surface area (Å²) in [4.78, 5) is 28.1. The van der Waals surface area contributed by atoms with E-state index in [0.717, 1.165) is 17.7 Å². The Morgan fingerprint density at radius 3 is 2.65 bits per heavy atom. The van der Waals surface area contributed by atoms with Crippen molar-refractivity contribution in [3.05, 3.63) is 51.8 Å². The van der Waals surface area contributed by atoms with Crippen LogP contribution in [0.4, 0.5) is 0 Å². The van der Waals surface area contributed by atoms with Gasteiger partial charge in [0, 0.05) is 22.7 Å². The molecule has 0 unspecified atom stereocenters. The number of ether oxygens (including phenoxy) is 1. The number of carbonyl (C=O) groups is 2. The molecule has 1 heterocycles. The van der Waals surface area contributed by atoms with Crippen LogP contribution >= 0.6 is 11.6 Å². The Morgan fingerprint density at radius 1 is 1.27 bits per heavy atom. The van der Waals surface area contributed by atoms with E-state index >= 15 is 0 Å². The lowest BCUT2D eigenvalue weighted by Gasteiger charge is -2.28. The number of aromatic nitrogens is 1. The van der Waals surface area contributed by atoms with E-state index in [1.165, 1.54) is 0 Å². The highest BCUT2D eigenvalue weighted by Crippen LogP contribution is 2.36. The maximum absolute atomic E-state index is 12.5. The van der Waals surface area contributed by atoms with Gasteiger partial charge in [-0.05, 0) is 48.6 Å². The third-order valence-electron chi connectivity index (χ3n) is 4.60. The first-order valence-corrected chi connectivity index (χ1v) is 9.06. The van der Waals surface area contributed by atoms with Crippen molar-refractivity contribution < 1.29 is 14.3 Å². The number of halogens is 1. The van der Waals surface area contributed by atoms with Crippen molar-refractivity contribution in [1.82, 2.24) is 10.3 Å². The molecule has 26 heavy (non-hydrogen) atoms. The van der Waals surface area contributed by atoms with E-state index in [-0.39, 0.29) is 17.1 Å². The standard InChI is InChI=1S/C20H23ClN2O3/c1-12-17-15(10-20(2,3)11-16(17)24)23-18(12)19(25)22-8-9-26-14-6-4-13(21)5-7-14/h4-7,23H,8-11H2,1-3H3,(H,22,25). The molecule has 0 aliphatic heterocycles. The number of hydrogen-bond acceptors (Lipinski definition) is 3. The average molecular weight is 375 g/mol. The van der Waals surface area contributed by atoms with Gasteiger partial charge in [-0.3, -0.25) is 9.59 Å². The Morgan fingerprint density at radius 2 is 1.96 bits per heavy atom. The molecule has 1 aliphatic carbocycles. The van der Waals surface area contributed by atoms with Gasteiger partial charge in [0.05, 0.1) is 6.54 Å². The van der Waals surface area contributed by atoms with Crippen molar-refractivity contribution >= 4 is 23.3 Å². The van der Waals surface area contributed by atoms with E-state index in [0.29, 0.717) is 41.6 Å². The van der Waals surface area contributed by atoms with E-state index in [4.69, 9.17) is 16.3 Å². The molecule has 0 spiro atoms. The van der Waals surface area contributed by atoms with Crippen LogP contribution in [0.1, 0.15) is 52.4 Å². The molecule has 138 valence electrons. The van der Waals surface area contributed by atoms with Gasteiger partial charge in [-0.25, -0.2) is 0 Å². The van der Waals surface area contributed by atoms with E-state index < -0.39 is 0 Å². The summed E-state index contributed by atoms with van der Waals surface area (Å²) in [6.45, 7) is 6.67. The third-order valence-corrected chi connectivity index (χ3v) is 4.85. The highest BCUT2D eigenvalue weighted by atomic mass is 35.5. The van der Waals surface area contributed by atoms with Crippen LogP contribution in [0.15, 0.2) is 24.3 Å². The van der Waals surface area contributed by atoms with Crippen molar-refractivity contribution in [2.45, 2.75) is 33.6 Å². The largest absolute Gasteiger partial charge is 0.492 e. The Balaban J connectivity index is 1.60. The van der Waals surface area contributed by atoms with E-state index in [1.807, 2.05) is 6.92 Å². The van der Waals surface area contributed by atoms with Gasteiger partial charge in [0.2, 0.25) is 0 Å². The van der Waals surface area contributed by atoms with Crippen LogP contribution < -0.4 is 10.1 Å². The third kappa shape index (κ3) is 3.93. The summed E-state index contributed by atoms with van der Waals surface area (Å²) in [6, 6.07) is 7.06. The van der Waals surface area contributed by atoms with Gasteiger partial charge in [0.25, 0.3) is 5.91 Å². The molecule has 0 atom stereocenters. The second kappa shape index (κ2) is 7.16. The summed E-state index contributed by atoms with van der Waals surface area (Å²) in [6.07, 6.45) is 1.27. The molecule has 2 N–H and O–H groups in total. The number of carbonyl (C=O) groups excluding carboxylic acids is 2. The summed E-state index contributed by atoms with van der Waals surface area (Å²) >= 11 is 5.83. The number of hydrogen-bond donors (Lipinski definition) is 2. The quantitative estimate of drug-likeness (QED) is 0.778. The SMILES string of the molecule is Cc1c(C(=O)NCCOc2ccc(Cl)cc2)[nH]c2c1C(=O)CC(C)(C)C2. The van der Waals surface area contributed by atoms with E-state index in [1.54, 1.807) is 24.3 Å². The first-order valence-electron chi connectivity index (χ1n) is 8.68. The summed E-state index contributed by atoms with van der Waals surface area (Å²) < 4.78 is 5.57. The Kier molecular flexibility index (Phi) is 5.10. The predicted molar refractivity (Wildman–Crippen MR) is 101 cm³/mol. The topological polar surface area (TPSA) is 71.2 Å². The van der Waals surface area contributed by atoms with Gasteiger partial charge >= 0.3 is 0 Å². The fourth-order valence-electron chi connectivity index (χ4n) is 3.41. The van der Waals surface area contributed by atoms with Gasteiger partial charge in [-0.15, -0.1) is 0 Å². The fourth-order valence-corrected chi connectivity index (χ4v) is 3.54. The zero-order chi connectivity index (χ0) is 18.9. The number of ketones is 1. The normalized spacial score (nSPS) is 15.5. The molecule has 6 heteroatoms. The molecule has 1 amide bonds. The van der Waals surface area contributed by atoms with Crippen LogP contribution in [-0.2, 0) is 6.42 Å². The smallest absolute Gasteiger partial charge is 0.268 e.